The van der Waals surface area contributed by atoms with E-state index in [4.69, 9.17) is 0 Å². The summed E-state index contributed by atoms with van der Waals surface area (Å²) >= 11 is 0. The van der Waals surface area contributed by atoms with E-state index >= 15 is 0 Å². The average Bonchev–Trinajstić information content (AvgIpc) is 2.27. The van der Waals surface area contributed by atoms with Gasteiger partial charge in [0.25, 0.3) is 12.4 Å². The highest BCUT2D eigenvalue weighted by atomic mass is 19.3. The van der Waals surface area contributed by atoms with Crippen molar-refractivity contribution < 1.29 is 27.6 Å². The minimum Gasteiger partial charge on any atom is -0.462 e. The Hall–Kier alpha value is -2.19. The predicted octanol–water partition coefficient (Wildman–Crippen LogP) is 2.24. The molecule has 1 aromatic heterocycles. The van der Waals surface area contributed by atoms with Crippen molar-refractivity contribution in [1.82, 2.24) is 4.98 Å². The minimum absolute atomic E-state index is 0.118. The molecule has 0 aliphatic heterocycles. The molecule has 0 unspecified atom stereocenters. The van der Waals surface area contributed by atoms with Crippen LogP contribution in [0.1, 0.15) is 29.3 Å². The maximum absolute atomic E-state index is 13.1. The van der Waals surface area contributed by atoms with E-state index in [0.717, 1.165) is 0 Å². The molecule has 0 amide bonds. The van der Waals surface area contributed by atoms with Gasteiger partial charge in [-0.3, -0.25) is 10.1 Å². The minimum atomic E-state index is -3.40. The van der Waals surface area contributed by atoms with Crippen molar-refractivity contribution in [1.29, 1.82) is 0 Å². The van der Waals surface area contributed by atoms with Gasteiger partial charge >= 0.3 is 11.7 Å². The molecule has 0 bridgehead atoms. The number of carbonyl (C=O) groups is 1. The fourth-order valence-electron chi connectivity index (χ4n) is 1.26. The first-order valence-corrected chi connectivity index (χ1v) is 4.68. The molecule has 0 spiro atoms. The van der Waals surface area contributed by atoms with Gasteiger partial charge in [0.05, 0.1) is 17.1 Å². The molecule has 1 aromatic rings. The van der Waals surface area contributed by atoms with E-state index in [1.165, 1.54) is 6.92 Å². The molecule has 0 aliphatic carbocycles. The molecular weight excluding hydrogens is 257 g/mol. The van der Waals surface area contributed by atoms with Crippen LogP contribution in [0.25, 0.3) is 0 Å². The Kier molecular flexibility index (Phi) is 4.18. The normalized spacial score (nSPS) is 10.5. The van der Waals surface area contributed by atoms with Gasteiger partial charge < -0.3 is 4.74 Å². The fraction of sp³-hybridized carbons (Fsp3) is 0.333. The lowest BCUT2D eigenvalue weighted by Gasteiger charge is -2.08. The van der Waals surface area contributed by atoms with E-state index < -0.39 is 40.1 Å². The second kappa shape index (κ2) is 5.43. The quantitative estimate of drug-likeness (QED) is 0.360. The Morgan fingerprint density at radius 1 is 1.61 bits per heavy atom. The first-order valence-electron chi connectivity index (χ1n) is 4.68. The fourth-order valence-corrected chi connectivity index (χ4v) is 1.26. The Labute approximate surface area is 98.5 Å². The van der Waals surface area contributed by atoms with Crippen LogP contribution in [0.15, 0.2) is 6.20 Å². The first-order chi connectivity index (χ1) is 8.40. The predicted molar refractivity (Wildman–Crippen MR) is 51.8 cm³/mol. The number of hydrogen-bond donors (Lipinski definition) is 0. The number of nitrogens with zero attached hydrogens (tertiary/aromatic N) is 2. The van der Waals surface area contributed by atoms with Gasteiger partial charge in [0.1, 0.15) is 5.56 Å². The Balaban J connectivity index is 3.49. The van der Waals surface area contributed by atoms with Crippen LogP contribution in [0.4, 0.5) is 18.9 Å². The maximum Gasteiger partial charge on any atom is 0.340 e. The Bertz CT molecular complexity index is 493. The van der Waals surface area contributed by atoms with E-state index in [9.17, 15) is 28.1 Å². The summed E-state index contributed by atoms with van der Waals surface area (Å²) in [7, 11) is 0. The first kappa shape index (κ1) is 13.9. The summed E-state index contributed by atoms with van der Waals surface area (Å²) in [6.07, 6.45) is -2.91. The van der Waals surface area contributed by atoms with Crippen molar-refractivity contribution in [3.05, 3.63) is 33.4 Å². The zero-order chi connectivity index (χ0) is 13.9. The van der Waals surface area contributed by atoms with E-state index in [-0.39, 0.29) is 6.61 Å². The third kappa shape index (κ3) is 2.55. The Morgan fingerprint density at radius 3 is 2.67 bits per heavy atom. The number of nitro groups is 1. The number of ether oxygens (including phenoxy) is 1. The lowest BCUT2D eigenvalue weighted by Crippen LogP contribution is -2.13. The van der Waals surface area contributed by atoms with E-state index in [2.05, 4.69) is 9.72 Å². The third-order valence-electron chi connectivity index (χ3n) is 1.94. The molecule has 0 saturated heterocycles. The molecule has 0 atom stereocenters. The molecule has 0 aromatic carbocycles. The summed E-state index contributed by atoms with van der Waals surface area (Å²) in [5.41, 5.74) is -3.67. The molecule has 0 saturated carbocycles. The highest BCUT2D eigenvalue weighted by Gasteiger charge is 2.33. The van der Waals surface area contributed by atoms with E-state index in [0.29, 0.717) is 6.20 Å². The second-order valence-electron chi connectivity index (χ2n) is 3.00. The highest BCUT2D eigenvalue weighted by molar-refractivity contribution is 5.92. The van der Waals surface area contributed by atoms with Crippen molar-refractivity contribution in [2.24, 2.45) is 0 Å². The van der Waals surface area contributed by atoms with Crippen LogP contribution in [0.3, 0.4) is 0 Å². The molecule has 0 N–H and O–H groups in total. The van der Waals surface area contributed by atoms with Crippen LogP contribution in [0, 0.1) is 16.1 Å². The molecular formula is C9H7F3N2O4. The van der Waals surface area contributed by atoms with Gasteiger partial charge in [0.2, 0.25) is 0 Å². The number of rotatable bonds is 4. The third-order valence-corrected chi connectivity index (χ3v) is 1.94. The van der Waals surface area contributed by atoms with Crippen LogP contribution in [0.2, 0.25) is 0 Å². The standard InChI is InChI=1S/C9H7F3N2O4/c1-2-18-9(15)4-3-13-8(12)6(14(16)17)5(4)7(10)11/h3,7H,2H2,1H3. The van der Waals surface area contributed by atoms with Gasteiger partial charge in [-0.25, -0.2) is 18.6 Å². The molecule has 0 aliphatic rings. The molecule has 6 nitrogen and oxygen atoms in total. The van der Waals surface area contributed by atoms with Crippen LogP contribution >= 0.6 is 0 Å². The second-order valence-corrected chi connectivity index (χ2v) is 3.00. The van der Waals surface area contributed by atoms with Crippen LogP contribution < -0.4 is 0 Å². The smallest absolute Gasteiger partial charge is 0.340 e. The molecule has 1 rings (SSSR count). The van der Waals surface area contributed by atoms with Crippen molar-refractivity contribution >= 4 is 11.7 Å². The van der Waals surface area contributed by atoms with Gasteiger partial charge in [0.15, 0.2) is 0 Å². The molecule has 0 fully saturated rings. The number of alkyl halides is 2. The monoisotopic (exact) mass is 264 g/mol. The van der Waals surface area contributed by atoms with E-state index in [1.807, 2.05) is 0 Å². The molecule has 9 heteroatoms. The van der Waals surface area contributed by atoms with Gasteiger partial charge in [-0.1, -0.05) is 0 Å². The van der Waals surface area contributed by atoms with Gasteiger partial charge in [0, 0.05) is 6.20 Å². The number of esters is 1. The number of hydrogen-bond acceptors (Lipinski definition) is 5. The lowest BCUT2D eigenvalue weighted by molar-refractivity contribution is -0.389. The lowest BCUT2D eigenvalue weighted by atomic mass is 10.1. The van der Waals surface area contributed by atoms with Gasteiger partial charge in [-0.2, -0.15) is 4.39 Å². The van der Waals surface area contributed by atoms with Gasteiger partial charge in [-0.15, -0.1) is 0 Å². The molecule has 1 heterocycles. The zero-order valence-corrected chi connectivity index (χ0v) is 9.02. The number of aromatic nitrogens is 1. The van der Waals surface area contributed by atoms with Crippen molar-refractivity contribution in [2.75, 3.05) is 6.61 Å². The summed E-state index contributed by atoms with van der Waals surface area (Å²) in [4.78, 5) is 23.4. The van der Waals surface area contributed by atoms with Gasteiger partial charge in [-0.05, 0) is 6.92 Å². The summed E-state index contributed by atoms with van der Waals surface area (Å²) in [5.74, 6) is -2.90. The number of carbonyl (C=O) groups excluding carboxylic acids is 1. The van der Waals surface area contributed by atoms with Crippen molar-refractivity contribution in [3.8, 4) is 0 Å². The maximum atomic E-state index is 13.1. The summed E-state index contributed by atoms with van der Waals surface area (Å²) in [5, 5.41) is 10.5. The summed E-state index contributed by atoms with van der Waals surface area (Å²) in [6.45, 7) is 1.30. The average molecular weight is 264 g/mol. The van der Waals surface area contributed by atoms with Crippen molar-refractivity contribution in [3.63, 3.8) is 0 Å². The van der Waals surface area contributed by atoms with Crippen LogP contribution in [0.5, 0.6) is 0 Å². The molecule has 98 valence electrons. The Morgan fingerprint density at radius 2 is 2.22 bits per heavy atom. The van der Waals surface area contributed by atoms with Crippen molar-refractivity contribution in [2.45, 2.75) is 13.3 Å². The zero-order valence-electron chi connectivity index (χ0n) is 9.02. The topological polar surface area (TPSA) is 82.3 Å². The number of halogens is 3. The highest BCUT2D eigenvalue weighted by Crippen LogP contribution is 2.33. The summed E-state index contributed by atoms with van der Waals surface area (Å²) in [6, 6.07) is 0. The SMILES string of the molecule is CCOC(=O)c1cnc(F)c([N+](=O)[O-])c1C(F)F. The van der Waals surface area contributed by atoms with Crippen LogP contribution in [-0.4, -0.2) is 22.5 Å². The number of pyridine rings is 1. The molecule has 0 radical (unpaired) electrons. The van der Waals surface area contributed by atoms with Crippen LogP contribution in [-0.2, 0) is 4.74 Å². The summed E-state index contributed by atoms with van der Waals surface area (Å²) < 4.78 is 42.9. The molecule has 18 heavy (non-hydrogen) atoms. The van der Waals surface area contributed by atoms with E-state index in [1.54, 1.807) is 0 Å². The largest absolute Gasteiger partial charge is 0.462 e.